The first kappa shape index (κ1) is 18.3. The third-order valence-electron chi connectivity index (χ3n) is 2.90. The number of ether oxygens (including phenoxy) is 1. The first-order chi connectivity index (χ1) is 10.8. The highest BCUT2D eigenvalue weighted by molar-refractivity contribution is 5.97. The molecule has 0 aromatic heterocycles. The van der Waals surface area contributed by atoms with Gasteiger partial charge in [0.25, 0.3) is 0 Å². The largest absolute Gasteiger partial charge is 0.450 e. The van der Waals surface area contributed by atoms with Crippen LogP contribution in [-0.2, 0) is 9.53 Å². The summed E-state index contributed by atoms with van der Waals surface area (Å²) < 4.78 is 4.79. The minimum absolute atomic E-state index is 0.133. The van der Waals surface area contributed by atoms with E-state index in [0.29, 0.717) is 11.4 Å². The summed E-state index contributed by atoms with van der Waals surface area (Å²) in [5.41, 5.74) is 5.97. The van der Waals surface area contributed by atoms with Gasteiger partial charge in [-0.05, 0) is 31.0 Å². The van der Waals surface area contributed by atoms with Crippen molar-refractivity contribution >= 4 is 29.4 Å². The Labute approximate surface area is 134 Å². The van der Waals surface area contributed by atoms with Gasteiger partial charge < -0.3 is 26.4 Å². The maximum atomic E-state index is 12.3. The third kappa shape index (κ3) is 6.25. The summed E-state index contributed by atoms with van der Waals surface area (Å²) in [7, 11) is 0. The summed E-state index contributed by atoms with van der Waals surface area (Å²) in [4.78, 5) is 34.7. The van der Waals surface area contributed by atoms with Crippen LogP contribution in [-0.4, -0.2) is 30.7 Å². The highest BCUT2D eigenvalue weighted by Gasteiger charge is 2.24. The van der Waals surface area contributed by atoms with Crippen molar-refractivity contribution in [3.63, 3.8) is 0 Å². The van der Waals surface area contributed by atoms with E-state index in [1.54, 1.807) is 31.2 Å². The summed E-state index contributed by atoms with van der Waals surface area (Å²) in [6, 6.07) is 5.07. The molecule has 23 heavy (non-hydrogen) atoms. The van der Waals surface area contributed by atoms with E-state index in [4.69, 9.17) is 10.5 Å². The average molecular weight is 322 g/mol. The zero-order chi connectivity index (χ0) is 17.4. The number of nitrogens with one attached hydrogen (secondary N) is 3. The standard InChI is InChI=1S/C15H22N4O4/c1-4-23-15(22)19-12(9(2)3)13(20)17-10-6-5-7-11(8-10)18-14(16)21/h5-9,12H,4H2,1-3H3,(H,17,20)(H,19,22)(H3,16,18,21). The smallest absolute Gasteiger partial charge is 0.407 e. The van der Waals surface area contributed by atoms with Gasteiger partial charge in [0, 0.05) is 11.4 Å². The highest BCUT2D eigenvalue weighted by atomic mass is 16.5. The number of carbonyl (C=O) groups excluding carboxylic acids is 3. The Balaban J connectivity index is 2.78. The van der Waals surface area contributed by atoms with Crippen molar-refractivity contribution in [2.75, 3.05) is 17.2 Å². The van der Waals surface area contributed by atoms with Gasteiger partial charge in [-0.15, -0.1) is 0 Å². The first-order valence-corrected chi connectivity index (χ1v) is 7.24. The molecule has 1 aromatic rings. The van der Waals surface area contributed by atoms with Crippen molar-refractivity contribution in [2.45, 2.75) is 26.8 Å². The lowest BCUT2D eigenvalue weighted by Crippen LogP contribution is -2.47. The average Bonchev–Trinajstić information content (AvgIpc) is 2.44. The number of alkyl carbamates (subject to hydrolysis) is 1. The maximum Gasteiger partial charge on any atom is 0.407 e. The lowest BCUT2D eigenvalue weighted by molar-refractivity contribution is -0.119. The van der Waals surface area contributed by atoms with Crippen LogP contribution in [0.2, 0.25) is 0 Å². The molecule has 0 bridgehead atoms. The van der Waals surface area contributed by atoms with Gasteiger partial charge in [-0.2, -0.15) is 0 Å². The van der Waals surface area contributed by atoms with Gasteiger partial charge in [-0.25, -0.2) is 9.59 Å². The van der Waals surface area contributed by atoms with Crippen LogP contribution >= 0.6 is 0 Å². The Morgan fingerprint density at radius 1 is 1.17 bits per heavy atom. The number of hydrogen-bond acceptors (Lipinski definition) is 4. The van der Waals surface area contributed by atoms with E-state index in [0.717, 1.165) is 0 Å². The molecule has 1 aromatic carbocycles. The maximum absolute atomic E-state index is 12.3. The monoisotopic (exact) mass is 322 g/mol. The van der Waals surface area contributed by atoms with Crippen LogP contribution in [0, 0.1) is 5.92 Å². The predicted molar refractivity (Wildman–Crippen MR) is 87.1 cm³/mol. The van der Waals surface area contributed by atoms with Gasteiger partial charge >= 0.3 is 12.1 Å². The second kappa shape index (κ2) is 8.62. The molecule has 1 unspecified atom stereocenters. The third-order valence-corrected chi connectivity index (χ3v) is 2.90. The quantitative estimate of drug-likeness (QED) is 0.638. The molecule has 0 aliphatic carbocycles. The summed E-state index contributed by atoms with van der Waals surface area (Å²) in [5.74, 6) is -0.518. The molecule has 4 amide bonds. The molecule has 0 saturated heterocycles. The van der Waals surface area contributed by atoms with Gasteiger partial charge in [0.1, 0.15) is 6.04 Å². The van der Waals surface area contributed by atoms with Crippen LogP contribution in [0.1, 0.15) is 20.8 Å². The van der Waals surface area contributed by atoms with Crippen molar-refractivity contribution in [2.24, 2.45) is 11.7 Å². The SMILES string of the molecule is CCOC(=O)NC(C(=O)Nc1cccc(NC(N)=O)c1)C(C)C. The number of primary amides is 1. The minimum Gasteiger partial charge on any atom is -0.450 e. The molecular formula is C15H22N4O4. The molecule has 1 rings (SSSR count). The molecule has 0 fully saturated rings. The molecule has 0 aliphatic heterocycles. The van der Waals surface area contributed by atoms with Crippen molar-refractivity contribution in [1.29, 1.82) is 0 Å². The van der Waals surface area contributed by atoms with Gasteiger partial charge in [0.05, 0.1) is 6.61 Å². The van der Waals surface area contributed by atoms with E-state index in [-0.39, 0.29) is 18.4 Å². The minimum atomic E-state index is -0.748. The van der Waals surface area contributed by atoms with Crippen molar-refractivity contribution < 1.29 is 19.1 Å². The number of hydrogen-bond donors (Lipinski definition) is 4. The van der Waals surface area contributed by atoms with Gasteiger partial charge in [-0.1, -0.05) is 19.9 Å². The van der Waals surface area contributed by atoms with E-state index >= 15 is 0 Å². The second-order valence-electron chi connectivity index (χ2n) is 5.15. The molecule has 126 valence electrons. The first-order valence-electron chi connectivity index (χ1n) is 7.24. The van der Waals surface area contributed by atoms with Crippen LogP contribution in [0.25, 0.3) is 0 Å². The number of carbonyl (C=O) groups is 3. The van der Waals surface area contributed by atoms with Crippen molar-refractivity contribution in [3.8, 4) is 0 Å². The zero-order valence-corrected chi connectivity index (χ0v) is 13.4. The van der Waals surface area contributed by atoms with Crippen molar-refractivity contribution in [1.82, 2.24) is 5.32 Å². The molecule has 0 heterocycles. The lowest BCUT2D eigenvalue weighted by atomic mass is 10.0. The normalized spacial score (nSPS) is 11.5. The van der Waals surface area contributed by atoms with E-state index in [1.807, 2.05) is 13.8 Å². The van der Waals surface area contributed by atoms with Crippen LogP contribution in [0.5, 0.6) is 0 Å². The van der Waals surface area contributed by atoms with Crippen LogP contribution < -0.4 is 21.7 Å². The Bertz CT molecular complexity index is 574. The van der Waals surface area contributed by atoms with Gasteiger partial charge in [-0.3, -0.25) is 4.79 Å². The van der Waals surface area contributed by atoms with Gasteiger partial charge in [0.15, 0.2) is 0 Å². The van der Waals surface area contributed by atoms with E-state index in [9.17, 15) is 14.4 Å². The Morgan fingerprint density at radius 2 is 1.78 bits per heavy atom. The number of urea groups is 1. The molecule has 0 aliphatic rings. The second-order valence-corrected chi connectivity index (χ2v) is 5.15. The predicted octanol–water partition coefficient (Wildman–Crippen LogP) is 1.89. The molecule has 5 N–H and O–H groups in total. The molecule has 0 saturated carbocycles. The Morgan fingerprint density at radius 3 is 2.30 bits per heavy atom. The molecule has 0 radical (unpaired) electrons. The summed E-state index contributed by atoms with van der Waals surface area (Å²) in [6.45, 7) is 5.52. The van der Waals surface area contributed by atoms with Crippen LogP contribution in [0.15, 0.2) is 24.3 Å². The number of benzene rings is 1. The number of rotatable bonds is 6. The molecule has 8 heteroatoms. The lowest BCUT2D eigenvalue weighted by Gasteiger charge is -2.21. The number of amides is 4. The Kier molecular flexibility index (Phi) is 6.85. The molecule has 1 atom stereocenters. The molecular weight excluding hydrogens is 300 g/mol. The zero-order valence-electron chi connectivity index (χ0n) is 13.4. The number of anilines is 2. The van der Waals surface area contributed by atoms with E-state index in [2.05, 4.69) is 16.0 Å². The van der Waals surface area contributed by atoms with Crippen LogP contribution in [0.3, 0.4) is 0 Å². The van der Waals surface area contributed by atoms with Crippen molar-refractivity contribution in [3.05, 3.63) is 24.3 Å². The Hall–Kier alpha value is -2.77. The topological polar surface area (TPSA) is 123 Å². The van der Waals surface area contributed by atoms with E-state index < -0.39 is 18.2 Å². The fourth-order valence-electron chi connectivity index (χ4n) is 1.87. The number of nitrogens with two attached hydrogens (primary N) is 1. The van der Waals surface area contributed by atoms with Crippen LogP contribution in [0.4, 0.5) is 21.0 Å². The molecule has 0 spiro atoms. The highest BCUT2D eigenvalue weighted by Crippen LogP contribution is 2.16. The van der Waals surface area contributed by atoms with E-state index in [1.165, 1.54) is 0 Å². The summed E-state index contributed by atoms with van der Waals surface area (Å²) >= 11 is 0. The molecule has 8 nitrogen and oxygen atoms in total. The fraction of sp³-hybridized carbons (Fsp3) is 0.400. The van der Waals surface area contributed by atoms with Gasteiger partial charge in [0.2, 0.25) is 5.91 Å². The summed E-state index contributed by atoms with van der Waals surface area (Å²) in [6.07, 6.45) is -0.648. The summed E-state index contributed by atoms with van der Waals surface area (Å²) in [5, 5.41) is 7.62. The fourth-order valence-corrected chi connectivity index (χ4v) is 1.87.